The predicted molar refractivity (Wildman–Crippen MR) is 107 cm³/mol. The highest BCUT2D eigenvalue weighted by atomic mass is 35.5. The number of hydrogen-bond donors (Lipinski definition) is 3. The maximum atomic E-state index is 12.3. The molecule has 1 aromatic heterocycles. The quantitative estimate of drug-likeness (QED) is 0.689. The normalized spacial score (nSPS) is 28.0. The summed E-state index contributed by atoms with van der Waals surface area (Å²) in [5.41, 5.74) is 0.165. The zero-order valence-electron chi connectivity index (χ0n) is 16.0. The van der Waals surface area contributed by atoms with E-state index in [1.807, 2.05) is 4.90 Å². The Kier molecular flexibility index (Phi) is 6.06. The molecule has 154 valence electrons. The molecule has 9 heteroatoms. The van der Waals surface area contributed by atoms with E-state index in [1.165, 1.54) is 25.5 Å². The van der Waals surface area contributed by atoms with Crippen molar-refractivity contribution in [3.8, 4) is 0 Å². The number of aromatic nitrogens is 2. The van der Waals surface area contributed by atoms with Crippen molar-refractivity contribution < 1.29 is 9.53 Å². The number of carbonyl (C=O) groups is 1. The van der Waals surface area contributed by atoms with Crippen LogP contribution in [0.15, 0.2) is 11.0 Å². The number of hydrogen-bond acceptors (Lipinski definition) is 6. The Morgan fingerprint density at radius 3 is 2.57 bits per heavy atom. The van der Waals surface area contributed by atoms with E-state index in [0.29, 0.717) is 37.3 Å². The minimum absolute atomic E-state index is 0.118. The average molecular weight is 410 g/mol. The van der Waals surface area contributed by atoms with Crippen molar-refractivity contribution in [2.45, 2.75) is 75.6 Å². The highest BCUT2D eigenvalue weighted by Crippen LogP contribution is 2.26. The van der Waals surface area contributed by atoms with E-state index in [9.17, 15) is 9.59 Å². The van der Waals surface area contributed by atoms with Crippen molar-refractivity contribution >= 4 is 23.4 Å². The Morgan fingerprint density at radius 2 is 1.86 bits per heavy atom. The van der Waals surface area contributed by atoms with Gasteiger partial charge in [-0.1, -0.05) is 18.0 Å². The minimum atomic E-state index is -0.413. The molecule has 0 unspecified atom stereocenters. The lowest BCUT2D eigenvalue weighted by molar-refractivity contribution is 0.102. The Morgan fingerprint density at radius 1 is 1.14 bits per heavy atom. The van der Waals surface area contributed by atoms with Gasteiger partial charge in [0.05, 0.1) is 18.4 Å². The largest absolute Gasteiger partial charge is 0.444 e. The van der Waals surface area contributed by atoms with E-state index < -0.39 is 5.56 Å². The second-order valence-electron chi connectivity index (χ2n) is 8.15. The first-order valence-corrected chi connectivity index (χ1v) is 10.7. The fourth-order valence-corrected chi connectivity index (χ4v) is 4.51. The summed E-state index contributed by atoms with van der Waals surface area (Å²) >= 11 is 6.06. The van der Waals surface area contributed by atoms with Crippen LogP contribution in [0.1, 0.15) is 51.4 Å². The Balaban J connectivity index is 1.19. The van der Waals surface area contributed by atoms with Crippen molar-refractivity contribution in [3.05, 3.63) is 21.6 Å². The number of aromatic amines is 1. The highest BCUT2D eigenvalue weighted by molar-refractivity contribution is 6.33. The molecule has 1 saturated heterocycles. The lowest BCUT2D eigenvalue weighted by Gasteiger charge is -2.35. The van der Waals surface area contributed by atoms with Gasteiger partial charge in [0, 0.05) is 31.1 Å². The topological polar surface area (TPSA) is 99.3 Å². The number of anilines is 1. The number of amides is 1. The second-order valence-corrected chi connectivity index (χ2v) is 8.53. The van der Waals surface area contributed by atoms with Gasteiger partial charge in [-0.15, -0.1) is 0 Å². The molecular formula is C19H28ClN5O3. The van der Waals surface area contributed by atoms with Crippen LogP contribution in [0.2, 0.25) is 5.02 Å². The predicted octanol–water partition coefficient (Wildman–Crippen LogP) is 2.18. The van der Waals surface area contributed by atoms with Gasteiger partial charge in [-0.3, -0.25) is 4.79 Å². The van der Waals surface area contributed by atoms with Crippen molar-refractivity contribution in [3.63, 3.8) is 0 Å². The number of nitrogens with zero attached hydrogens (tertiary/aromatic N) is 2. The summed E-state index contributed by atoms with van der Waals surface area (Å²) in [4.78, 5) is 25.8. The molecule has 0 aromatic carbocycles. The molecule has 3 fully saturated rings. The van der Waals surface area contributed by atoms with Crippen LogP contribution in [0.3, 0.4) is 0 Å². The second kappa shape index (κ2) is 8.69. The van der Waals surface area contributed by atoms with Gasteiger partial charge in [-0.2, -0.15) is 5.10 Å². The average Bonchev–Trinajstić information content (AvgIpc) is 3.10. The molecule has 3 aliphatic rings. The molecule has 2 aliphatic carbocycles. The third-order valence-corrected chi connectivity index (χ3v) is 6.53. The molecule has 3 N–H and O–H groups in total. The number of rotatable bonds is 5. The van der Waals surface area contributed by atoms with Crippen LogP contribution in [0.5, 0.6) is 0 Å². The van der Waals surface area contributed by atoms with Gasteiger partial charge < -0.3 is 20.3 Å². The molecule has 2 heterocycles. The summed E-state index contributed by atoms with van der Waals surface area (Å²) < 4.78 is 5.60. The number of ether oxygens (including phenoxy) is 1. The third-order valence-electron chi connectivity index (χ3n) is 6.16. The standard InChI is InChI=1S/C19H28ClN5O3/c20-17-16(10-21-24-18(17)26)25-9-8-15(11-25)28-19(27)23-14-6-4-13(5-7-14)22-12-2-1-3-12/h10,12-15,22H,1-9,11H2,(H,23,27)(H,24,26)/t13-,14+,15-/m1/s1. The van der Waals surface area contributed by atoms with Crippen LogP contribution in [-0.2, 0) is 4.74 Å². The van der Waals surface area contributed by atoms with E-state index in [2.05, 4.69) is 20.8 Å². The summed E-state index contributed by atoms with van der Waals surface area (Å²) in [6, 6.07) is 1.50. The third kappa shape index (κ3) is 4.60. The van der Waals surface area contributed by atoms with Gasteiger partial charge in [0.2, 0.25) is 0 Å². The van der Waals surface area contributed by atoms with Crippen LogP contribution in [0.25, 0.3) is 0 Å². The summed E-state index contributed by atoms with van der Waals surface area (Å²) in [5, 5.41) is 13.0. The van der Waals surface area contributed by atoms with Gasteiger partial charge in [0.1, 0.15) is 11.1 Å². The lowest BCUT2D eigenvalue weighted by Crippen LogP contribution is -2.47. The number of H-pyrrole nitrogens is 1. The van der Waals surface area contributed by atoms with Gasteiger partial charge in [-0.05, 0) is 38.5 Å². The Bertz CT molecular complexity index is 745. The summed E-state index contributed by atoms with van der Waals surface area (Å²) in [6.07, 6.45) is 9.82. The Labute approximate surface area is 169 Å². The molecule has 8 nitrogen and oxygen atoms in total. The zero-order valence-corrected chi connectivity index (χ0v) is 16.7. The monoisotopic (exact) mass is 409 g/mol. The van der Waals surface area contributed by atoms with E-state index >= 15 is 0 Å². The molecular weight excluding hydrogens is 382 g/mol. The fourth-order valence-electron chi connectivity index (χ4n) is 4.30. The first-order valence-electron chi connectivity index (χ1n) is 10.3. The first kappa shape index (κ1) is 19.5. The number of carbonyl (C=O) groups excluding carboxylic acids is 1. The van der Waals surface area contributed by atoms with Crippen molar-refractivity contribution in [1.29, 1.82) is 0 Å². The highest BCUT2D eigenvalue weighted by Gasteiger charge is 2.30. The van der Waals surface area contributed by atoms with Crippen LogP contribution in [-0.4, -0.2) is 53.6 Å². The van der Waals surface area contributed by atoms with Crippen LogP contribution < -0.4 is 21.1 Å². The molecule has 0 bridgehead atoms. The smallest absolute Gasteiger partial charge is 0.407 e. The molecule has 2 saturated carbocycles. The van der Waals surface area contributed by atoms with Gasteiger partial charge in [-0.25, -0.2) is 9.89 Å². The maximum Gasteiger partial charge on any atom is 0.407 e. The van der Waals surface area contributed by atoms with E-state index in [4.69, 9.17) is 16.3 Å². The van der Waals surface area contributed by atoms with E-state index in [0.717, 1.165) is 25.7 Å². The molecule has 0 radical (unpaired) electrons. The van der Waals surface area contributed by atoms with Crippen molar-refractivity contribution in [2.75, 3.05) is 18.0 Å². The lowest BCUT2D eigenvalue weighted by atomic mass is 9.87. The van der Waals surface area contributed by atoms with Crippen molar-refractivity contribution in [2.24, 2.45) is 0 Å². The van der Waals surface area contributed by atoms with E-state index in [-0.39, 0.29) is 23.3 Å². The summed E-state index contributed by atoms with van der Waals surface area (Å²) in [6.45, 7) is 1.18. The molecule has 0 spiro atoms. The summed E-state index contributed by atoms with van der Waals surface area (Å²) in [7, 11) is 0. The van der Waals surface area contributed by atoms with Crippen molar-refractivity contribution in [1.82, 2.24) is 20.8 Å². The van der Waals surface area contributed by atoms with Gasteiger partial charge in [0.15, 0.2) is 0 Å². The minimum Gasteiger partial charge on any atom is -0.444 e. The number of alkyl carbamates (subject to hydrolysis) is 1. The number of nitrogens with one attached hydrogen (secondary N) is 3. The van der Waals surface area contributed by atoms with Crippen LogP contribution >= 0.6 is 11.6 Å². The number of halogens is 1. The first-order chi connectivity index (χ1) is 13.6. The molecule has 1 aromatic rings. The molecule has 4 rings (SSSR count). The van der Waals surface area contributed by atoms with E-state index in [1.54, 1.807) is 0 Å². The maximum absolute atomic E-state index is 12.3. The van der Waals surface area contributed by atoms with Gasteiger partial charge >= 0.3 is 6.09 Å². The van der Waals surface area contributed by atoms with Gasteiger partial charge in [0.25, 0.3) is 5.56 Å². The van der Waals surface area contributed by atoms with Crippen LogP contribution in [0, 0.1) is 0 Å². The Hall–Kier alpha value is -1.80. The zero-order chi connectivity index (χ0) is 19.5. The molecule has 1 amide bonds. The van der Waals surface area contributed by atoms with Crippen LogP contribution in [0.4, 0.5) is 10.5 Å². The SMILES string of the molecule is O=C(N[C@H]1CC[C@@H](NC2CCC2)CC1)O[C@@H]1CCN(c2cn[nH]c(=O)c2Cl)C1. The summed E-state index contributed by atoms with van der Waals surface area (Å²) in [5.74, 6) is 0. The fraction of sp³-hybridized carbons (Fsp3) is 0.737. The molecule has 1 aliphatic heterocycles. The molecule has 1 atom stereocenters. The molecule has 28 heavy (non-hydrogen) atoms.